The van der Waals surface area contributed by atoms with Gasteiger partial charge in [0, 0.05) is 19.3 Å². The number of ether oxygens (including phenoxy) is 3. The maximum absolute atomic E-state index is 12.6. The van der Waals surface area contributed by atoms with Crippen molar-refractivity contribution < 1.29 is 28.6 Å². The lowest BCUT2D eigenvalue weighted by molar-refractivity contribution is -0.167. The van der Waals surface area contributed by atoms with Crippen LogP contribution in [0.3, 0.4) is 0 Å². The predicted molar refractivity (Wildman–Crippen MR) is 247 cm³/mol. The van der Waals surface area contributed by atoms with E-state index in [9.17, 15) is 14.4 Å². The van der Waals surface area contributed by atoms with E-state index in [4.69, 9.17) is 14.2 Å². The summed E-state index contributed by atoms with van der Waals surface area (Å²) >= 11 is 0. The van der Waals surface area contributed by atoms with Crippen LogP contribution >= 0.6 is 0 Å². The number of esters is 3. The average Bonchev–Trinajstić information content (AvgIpc) is 3.22. The van der Waals surface area contributed by atoms with E-state index in [-0.39, 0.29) is 31.1 Å². The molecule has 6 heteroatoms. The van der Waals surface area contributed by atoms with Crippen LogP contribution in [0.15, 0.2) is 24.3 Å². The van der Waals surface area contributed by atoms with Crippen LogP contribution in [0, 0.1) is 0 Å². The van der Waals surface area contributed by atoms with E-state index in [2.05, 4.69) is 45.1 Å². The van der Waals surface area contributed by atoms with Crippen molar-refractivity contribution in [2.75, 3.05) is 13.2 Å². The molecule has 0 N–H and O–H groups in total. The Morgan fingerprint density at radius 2 is 0.621 bits per heavy atom. The molecule has 0 aromatic heterocycles. The summed E-state index contributed by atoms with van der Waals surface area (Å²) < 4.78 is 16.6. The molecule has 1 unspecified atom stereocenters. The Morgan fingerprint density at radius 1 is 0.345 bits per heavy atom. The van der Waals surface area contributed by atoms with Gasteiger partial charge < -0.3 is 14.2 Å². The van der Waals surface area contributed by atoms with Crippen LogP contribution in [0.5, 0.6) is 0 Å². The molecule has 1 atom stereocenters. The van der Waals surface area contributed by atoms with E-state index >= 15 is 0 Å². The normalized spacial score (nSPS) is 12.1. The number of carbonyl (C=O) groups excluding carboxylic acids is 3. The van der Waals surface area contributed by atoms with Crippen LogP contribution in [0.4, 0.5) is 0 Å². The third kappa shape index (κ3) is 45.0. The van der Waals surface area contributed by atoms with Gasteiger partial charge in [0.1, 0.15) is 13.2 Å². The van der Waals surface area contributed by atoms with Crippen molar-refractivity contribution in [3.63, 3.8) is 0 Å². The van der Waals surface area contributed by atoms with Gasteiger partial charge in [-0.25, -0.2) is 0 Å². The molecule has 0 saturated carbocycles. The van der Waals surface area contributed by atoms with E-state index in [1.807, 2.05) is 0 Å². The molecule has 0 fully saturated rings. The van der Waals surface area contributed by atoms with Crippen LogP contribution < -0.4 is 0 Å². The van der Waals surface area contributed by atoms with Gasteiger partial charge in [0.05, 0.1) is 0 Å². The highest BCUT2D eigenvalue weighted by Crippen LogP contribution is 2.16. The number of unbranched alkanes of at least 4 members (excludes halogenated alkanes) is 31. The first-order chi connectivity index (χ1) is 28.5. The maximum atomic E-state index is 12.6. The molecule has 0 amide bonds. The molecule has 0 radical (unpaired) electrons. The highest BCUT2D eigenvalue weighted by molar-refractivity contribution is 5.71. The Hall–Kier alpha value is -2.11. The number of carbonyl (C=O) groups is 3. The van der Waals surface area contributed by atoms with Gasteiger partial charge in [0.2, 0.25) is 0 Å². The predicted octanol–water partition coefficient (Wildman–Crippen LogP) is 16.4. The van der Waals surface area contributed by atoms with Crippen molar-refractivity contribution in [3.05, 3.63) is 24.3 Å². The van der Waals surface area contributed by atoms with Gasteiger partial charge in [-0.3, -0.25) is 14.4 Å². The van der Waals surface area contributed by atoms with Crippen LogP contribution in [-0.4, -0.2) is 37.2 Å². The second-order valence-corrected chi connectivity index (χ2v) is 17.1. The number of allylic oxidation sites excluding steroid dienone is 4. The molecule has 0 rings (SSSR count). The summed E-state index contributed by atoms with van der Waals surface area (Å²) in [5.74, 6) is -0.879. The van der Waals surface area contributed by atoms with E-state index < -0.39 is 6.10 Å². The zero-order valence-electron chi connectivity index (χ0n) is 38.8. The Labute approximate surface area is 360 Å². The van der Waals surface area contributed by atoms with Gasteiger partial charge in [-0.15, -0.1) is 0 Å². The lowest BCUT2D eigenvalue weighted by Crippen LogP contribution is -2.30. The molecule has 0 aromatic carbocycles. The van der Waals surface area contributed by atoms with Crippen molar-refractivity contribution in [1.29, 1.82) is 0 Å². The van der Waals surface area contributed by atoms with Crippen molar-refractivity contribution in [3.8, 4) is 0 Å². The highest BCUT2D eigenvalue weighted by atomic mass is 16.6. The summed E-state index contributed by atoms with van der Waals surface area (Å²) in [6.07, 6.45) is 53.7. The second kappa shape index (κ2) is 47.6. The minimum absolute atomic E-state index is 0.0680. The molecular weight excluding hydrogens is 721 g/mol. The standard InChI is InChI=1S/C52H96O6/c1-4-7-10-13-15-17-18-19-20-21-22-23-24-25-26-27-28-29-30-31-32-33-34-35-37-39-42-45-51(54)57-48-49(47-56-50(53)44-41-38-12-9-6-3)58-52(55)46-43-40-36-16-14-11-8-5-2/h18-19,21-22,49H,4-17,20,23-48H2,1-3H3/b19-18-,22-21-. The van der Waals surface area contributed by atoms with Gasteiger partial charge in [-0.1, -0.05) is 225 Å². The molecule has 0 aliphatic heterocycles. The Kier molecular flexibility index (Phi) is 45.8. The smallest absolute Gasteiger partial charge is 0.306 e. The van der Waals surface area contributed by atoms with Crippen LogP contribution in [0.25, 0.3) is 0 Å². The number of hydrogen-bond acceptors (Lipinski definition) is 6. The summed E-state index contributed by atoms with van der Waals surface area (Å²) in [4.78, 5) is 37.4. The fourth-order valence-electron chi connectivity index (χ4n) is 7.36. The molecule has 0 aromatic rings. The zero-order chi connectivity index (χ0) is 42.3. The molecule has 0 heterocycles. The largest absolute Gasteiger partial charge is 0.462 e. The van der Waals surface area contributed by atoms with Crippen molar-refractivity contribution in [1.82, 2.24) is 0 Å². The number of rotatable bonds is 46. The first-order valence-corrected chi connectivity index (χ1v) is 25.3. The average molecular weight is 817 g/mol. The van der Waals surface area contributed by atoms with Gasteiger partial charge >= 0.3 is 17.9 Å². The quantitative estimate of drug-likeness (QED) is 0.0263. The fourth-order valence-corrected chi connectivity index (χ4v) is 7.36. The van der Waals surface area contributed by atoms with Gasteiger partial charge in [0.25, 0.3) is 0 Å². The monoisotopic (exact) mass is 817 g/mol. The topological polar surface area (TPSA) is 78.9 Å². The number of hydrogen-bond donors (Lipinski definition) is 0. The Bertz CT molecular complexity index is 942. The maximum Gasteiger partial charge on any atom is 0.306 e. The van der Waals surface area contributed by atoms with Gasteiger partial charge in [-0.2, -0.15) is 0 Å². The molecule has 0 bridgehead atoms. The minimum atomic E-state index is -0.760. The van der Waals surface area contributed by atoms with E-state index in [1.54, 1.807) is 0 Å². The fraction of sp³-hybridized carbons (Fsp3) is 0.865. The van der Waals surface area contributed by atoms with E-state index in [0.717, 1.165) is 70.6 Å². The third-order valence-corrected chi connectivity index (χ3v) is 11.2. The van der Waals surface area contributed by atoms with Crippen LogP contribution in [0.1, 0.15) is 271 Å². The van der Waals surface area contributed by atoms with Crippen LogP contribution in [-0.2, 0) is 28.6 Å². The first kappa shape index (κ1) is 55.9. The van der Waals surface area contributed by atoms with Crippen molar-refractivity contribution >= 4 is 17.9 Å². The molecule has 0 saturated heterocycles. The van der Waals surface area contributed by atoms with Crippen molar-refractivity contribution in [2.45, 2.75) is 277 Å². The Morgan fingerprint density at radius 3 is 0.948 bits per heavy atom. The third-order valence-electron chi connectivity index (χ3n) is 11.2. The summed E-state index contributed by atoms with van der Waals surface area (Å²) in [5.41, 5.74) is 0. The molecule has 0 aliphatic carbocycles. The van der Waals surface area contributed by atoms with Crippen molar-refractivity contribution in [2.24, 2.45) is 0 Å². The lowest BCUT2D eigenvalue weighted by Gasteiger charge is -2.18. The molecule has 0 aliphatic rings. The van der Waals surface area contributed by atoms with Gasteiger partial charge in [0.15, 0.2) is 6.10 Å². The molecule has 6 nitrogen and oxygen atoms in total. The molecular formula is C52H96O6. The van der Waals surface area contributed by atoms with Gasteiger partial charge in [-0.05, 0) is 51.4 Å². The lowest BCUT2D eigenvalue weighted by atomic mass is 10.0. The van der Waals surface area contributed by atoms with Crippen LogP contribution in [0.2, 0.25) is 0 Å². The SMILES string of the molecule is CCCCCCC/C=C\C/C=C\CCCCCCCCCCCCCCCCCC(=O)OCC(COC(=O)CCCCCCC)OC(=O)CCCCCCCCCC. The van der Waals surface area contributed by atoms with E-state index in [1.165, 1.54) is 161 Å². The first-order valence-electron chi connectivity index (χ1n) is 25.3. The zero-order valence-corrected chi connectivity index (χ0v) is 38.8. The summed E-state index contributed by atoms with van der Waals surface area (Å²) in [6, 6.07) is 0. The van der Waals surface area contributed by atoms with E-state index in [0.29, 0.717) is 19.3 Å². The molecule has 58 heavy (non-hydrogen) atoms. The summed E-state index contributed by atoms with van der Waals surface area (Å²) in [6.45, 7) is 6.53. The molecule has 0 spiro atoms. The summed E-state index contributed by atoms with van der Waals surface area (Å²) in [5, 5.41) is 0. The Balaban J connectivity index is 3.90. The second-order valence-electron chi connectivity index (χ2n) is 17.1. The minimum Gasteiger partial charge on any atom is -0.462 e. The summed E-state index contributed by atoms with van der Waals surface area (Å²) in [7, 11) is 0. The highest BCUT2D eigenvalue weighted by Gasteiger charge is 2.19. The molecule has 340 valence electrons.